The summed E-state index contributed by atoms with van der Waals surface area (Å²) in [4.78, 5) is 11.9. The van der Waals surface area contributed by atoms with Gasteiger partial charge in [0.15, 0.2) is 6.04 Å². The van der Waals surface area contributed by atoms with E-state index in [1.807, 2.05) is 0 Å². The van der Waals surface area contributed by atoms with Gasteiger partial charge in [-0.15, -0.1) is 0 Å². The second kappa shape index (κ2) is 6.78. The van der Waals surface area contributed by atoms with E-state index in [2.05, 4.69) is 5.32 Å². The van der Waals surface area contributed by atoms with Crippen LogP contribution in [-0.4, -0.2) is 13.1 Å². The third-order valence-electron chi connectivity index (χ3n) is 2.86. The molecular weight excluding hydrogens is 316 g/mol. The molecule has 1 N–H and O–H groups in total. The van der Waals surface area contributed by atoms with Crippen LogP contribution in [-0.2, 0) is 9.53 Å². The van der Waals surface area contributed by atoms with E-state index in [9.17, 15) is 9.18 Å². The van der Waals surface area contributed by atoms with Gasteiger partial charge in [0.05, 0.1) is 12.1 Å². The normalized spacial score (nSPS) is 11.8. The van der Waals surface area contributed by atoms with E-state index in [4.69, 9.17) is 27.9 Å². The summed E-state index contributed by atoms with van der Waals surface area (Å²) in [7, 11) is 1.23. The van der Waals surface area contributed by atoms with Crippen LogP contribution in [0.5, 0.6) is 0 Å². The van der Waals surface area contributed by atoms with Crippen LogP contribution >= 0.6 is 23.2 Å². The van der Waals surface area contributed by atoms with Crippen molar-refractivity contribution >= 4 is 34.9 Å². The van der Waals surface area contributed by atoms with Crippen LogP contribution in [0.25, 0.3) is 0 Å². The van der Waals surface area contributed by atoms with E-state index in [-0.39, 0.29) is 10.6 Å². The van der Waals surface area contributed by atoms with Crippen LogP contribution in [0.4, 0.5) is 10.1 Å². The number of carbonyl (C=O) groups excluding carboxylic acids is 1. The Morgan fingerprint density at radius 1 is 1.24 bits per heavy atom. The summed E-state index contributed by atoms with van der Waals surface area (Å²) in [6.07, 6.45) is 0. The quantitative estimate of drug-likeness (QED) is 0.842. The fourth-order valence-corrected chi connectivity index (χ4v) is 2.24. The number of hydrogen-bond donors (Lipinski definition) is 1. The fourth-order valence-electron chi connectivity index (χ4n) is 1.87. The molecule has 6 heteroatoms. The number of benzene rings is 2. The van der Waals surface area contributed by atoms with Crippen molar-refractivity contribution in [2.75, 3.05) is 12.4 Å². The molecule has 0 bridgehead atoms. The van der Waals surface area contributed by atoms with E-state index >= 15 is 0 Å². The largest absolute Gasteiger partial charge is 0.467 e. The number of rotatable bonds is 4. The Morgan fingerprint density at radius 2 is 1.95 bits per heavy atom. The maximum absolute atomic E-state index is 14.1. The summed E-state index contributed by atoms with van der Waals surface area (Å²) >= 11 is 11.7. The Kier molecular flexibility index (Phi) is 5.04. The molecular formula is C15H12Cl2FNO2. The van der Waals surface area contributed by atoms with Gasteiger partial charge >= 0.3 is 5.97 Å². The number of anilines is 1. The van der Waals surface area contributed by atoms with Crippen LogP contribution in [0, 0.1) is 5.82 Å². The predicted molar refractivity (Wildman–Crippen MR) is 81.2 cm³/mol. The summed E-state index contributed by atoms with van der Waals surface area (Å²) in [5, 5.41) is 3.33. The fraction of sp³-hybridized carbons (Fsp3) is 0.133. The minimum absolute atomic E-state index is 0.0608. The lowest BCUT2D eigenvalue weighted by Gasteiger charge is -2.19. The van der Waals surface area contributed by atoms with Crippen molar-refractivity contribution in [2.45, 2.75) is 6.04 Å². The maximum Gasteiger partial charge on any atom is 0.333 e. The number of hydrogen-bond acceptors (Lipinski definition) is 3. The Hall–Kier alpha value is -1.78. The second-order valence-electron chi connectivity index (χ2n) is 4.25. The minimum Gasteiger partial charge on any atom is -0.467 e. The summed E-state index contributed by atoms with van der Waals surface area (Å²) in [6, 6.07) is 10.2. The Bertz CT molecular complexity index is 664. The molecule has 0 radical (unpaired) electrons. The molecule has 21 heavy (non-hydrogen) atoms. The molecule has 0 heterocycles. The Morgan fingerprint density at radius 3 is 2.62 bits per heavy atom. The van der Waals surface area contributed by atoms with Gasteiger partial charge in [0, 0.05) is 16.3 Å². The van der Waals surface area contributed by atoms with Gasteiger partial charge in [-0.25, -0.2) is 9.18 Å². The highest BCUT2D eigenvalue weighted by atomic mass is 35.5. The van der Waals surface area contributed by atoms with Crippen LogP contribution in [0.3, 0.4) is 0 Å². The molecule has 2 aromatic rings. The van der Waals surface area contributed by atoms with Gasteiger partial charge in [0.2, 0.25) is 0 Å². The zero-order valence-corrected chi connectivity index (χ0v) is 12.6. The molecule has 3 nitrogen and oxygen atoms in total. The van der Waals surface area contributed by atoms with Crippen molar-refractivity contribution in [2.24, 2.45) is 0 Å². The second-order valence-corrected chi connectivity index (χ2v) is 5.10. The van der Waals surface area contributed by atoms with Gasteiger partial charge in [0.1, 0.15) is 5.82 Å². The highest BCUT2D eigenvalue weighted by Crippen LogP contribution is 2.28. The molecule has 0 spiro atoms. The van der Waals surface area contributed by atoms with Crippen molar-refractivity contribution in [3.63, 3.8) is 0 Å². The van der Waals surface area contributed by atoms with Crippen molar-refractivity contribution < 1.29 is 13.9 Å². The average Bonchev–Trinajstić information content (AvgIpc) is 2.47. The average molecular weight is 328 g/mol. The first-order valence-corrected chi connectivity index (χ1v) is 6.82. The lowest BCUT2D eigenvalue weighted by Crippen LogP contribution is -2.23. The number of ether oxygens (including phenoxy) is 1. The van der Waals surface area contributed by atoms with Gasteiger partial charge in [-0.3, -0.25) is 0 Å². The molecule has 1 unspecified atom stereocenters. The molecule has 0 fully saturated rings. The summed E-state index contributed by atoms with van der Waals surface area (Å²) in [6.45, 7) is 0. The van der Waals surface area contributed by atoms with Crippen LogP contribution in [0.2, 0.25) is 10.0 Å². The third-order valence-corrected chi connectivity index (χ3v) is 3.39. The molecule has 1 atom stereocenters. The number of carbonyl (C=O) groups is 1. The molecule has 0 amide bonds. The van der Waals surface area contributed by atoms with Crippen LogP contribution in [0.1, 0.15) is 11.6 Å². The zero-order valence-electron chi connectivity index (χ0n) is 11.1. The maximum atomic E-state index is 14.1. The SMILES string of the molecule is COC(=O)C(Nc1cccc(Cl)c1)c1cccc(Cl)c1F. The van der Waals surface area contributed by atoms with E-state index < -0.39 is 17.8 Å². The molecule has 110 valence electrons. The lowest BCUT2D eigenvalue weighted by atomic mass is 10.1. The van der Waals surface area contributed by atoms with Gasteiger partial charge in [-0.05, 0) is 24.3 Å². The monoisotopic (exact) mass is 327 g/mol. The van der Waals surface area contributed by atoms with Crippen molar-refractivity contribution in [1.29, 1.82) is 0 Å². The number of nitrogens with one attached hydrogen (secondary N) is 1. The summed E-state index contributed by atoms with van der Waals surface area (Å²) < 4.78 is 18.8. The number of halogens is 3. The minimum atomic E-state index is -1.02. The Balaban J connectivity index is 2.39. The molecule has 0 aliphatic rings. The van der Waals surface area contributed by atoms with Crippen LogP contribution < -0.4 is 5.32 Å². The van der Waals surface area contributed by atoms with Gasteiger partial charge < -0.3 is 10.1 Å². The summed E-state index contributed by atoms with van der Waals surface area (Å²) in [5.41, 5.74) is 0.673. The zero-order chi connectivity index (χ0) is 15.4. The lowest BCUT2D eigenvalue weighted by molar-refractivity contribution is -0.141. The standard InChI is InChI=1S/C15H12Cl2FNO2/c1-21-15(20)14(11-6-3-7-12(17)13(11)18)19-10-5-2-4-9(16)8-10/h2-8,14,19H,1H3. The van der Waals surface area contributed by atoms with E-state index in [1.165, 1.54) is 19.2 Å². The highest BCUT2D eigenvalue weighted by molar-refractivity contribution is 6.31. The first-order chi connectivity index (χ1) is 10.0. The molecule has 0 saturated heterocycles. The van der Waals surface area contributed by atoms with Gasteiger partial charge in [-0.1, -0.05) is 41.4 Å². The Labute approximate surface area is 131 Å². The topological polar surface area (TPSA) is 38.3 Å². The van der Waals surface area contributed by atoms with Crippen LogP contribution in [0.15, 0.2) is 42.5 Å². The molecule has 0 aromatic heterocycles. The molecule has 0 aliphatic heterocycles. The highest BCUT2D eigenvalue weighted by Gasteiger charge is 2.25. The first-order valence-electron chi connectivity index (χ1n) is 6.06. The van der Waals surface area contributed by atoms with Crippen molar-refractivity contribution in [3.8, 4) is 0 Å². The first kappa shape index (κ1) is 15.6. The van der Waals surface area contributed by atoms with E-state index in [0.717, 1.165) is 0 Å². The summed E-state index contributed by atoms with van der Waals surface area (Å²) in [5.74, 6) is -1.29. The molecule has 2 rings (SSSR count). The predicted octanol–water partition coefficient (Wildman–Crippen LogP) is 4.46. The van der Waals surface area contributed by atoms with Crippen molar-refractivity contribution in [3.05, 3.63) is 63.9 Å². The third kappa shape index (κ3) is 3.65. The molecule has 0 aliphatic carbocycles. The smallest absolute Gasteiger partial charge is 0.333 e. The van der Waals surface area contributed by atoms with Gasteiger partial charge in [-0.2, -0.15) is 0 Å². The molecule has 0 saturated carbocycles. The van der Waals surface area contributed by atoms with Gasteiger partial charge in [0.25, 0.3) is 0 Å². The van der Waals surface area contributed by atoms with Crippen molar-refractivity contribution in [1.82, 2.24) is 0 Å². The molecule has 2 aromatic carbocycles. The number of methoxy groups -OCH3 is 1. The number of esters is 1. The van der Waals surface area contributed by atoms with E-state index in [1.54, 1.807) is 30.3 Å². The van der Waals surface area contributed by atoms with E-state index in [0.29, 0.717) is 10.7 Å².